The molecule has 7 heteroatoms. The number of aromatic nitrogens is 5. The van der Waals surface area contributed by atoms with Gasteiger partial charge in [-0.2, -0.15) is 0 Å². The molecule has 7 nitrogen and oxygen atoms in total. The second kappa shape index (κ2) is 6.34. The van der Waals surface area contributed by atoms with Crippen molar-refractivity contribution in [2.75, 3.05) is 6.61 Å². The molecule has 4 aromatic rings. The largest absolute Gasteiger partial charge is 0.396 e. The molecule has 1 atom stereocenters. The molecular weight excluding hydrogens is 330 g/mol. The number of hydrogen-bond acceptors (Lipinski definition) is 5. The van der Waals surface area contributed by atoms with Gasteiger partial charge in [0.1, 0.15) is 0 Å². The lowest BCUT2D eigenvalue weighted by molar-refractivity contribution is 0.235. The summed E-state index contributed by atoms with van der Waals surface area (Å²) in [4.78, 5) is 30.7. The Balaban J connectivity index is 2.07. The molecule has 3 heterocycles. The third kappa shape index (κ3) is 2.66. The molecule has 132 valence electrons. The first-order chi connectivity index (χ1) is 12.6. The van der Waals surface area contributed by atoms with Crippen molar-refractivity contribution < 1.29 is 5.11 Å². The van der Waals surface area contributed by atoms with Crippen LogP contribution in [0, 0.1) is 5.92 Å². The number of rotatable bonds is 4. The molecule has 0 saturated heterocycles. The van der Waals surface area contributed by atoms with Crippen molar-refractivity contribution in [1.82, 2.24) is 24.9 Å². The third-order valence-electron chi connectivity index (χ3n) is 4.64. The van der Waals surface area contributed by atoms with Crippen molar-refractivity contribution in [3.8, 4) is 11.3 Å². The molecule has 0 aliphatic carbocycles. The lowest BCUT2D eigenvalue weighted by Crippen LogP contribution is -2.15. The van der Waals surface area contributed by atoms with Crippen LogP contribution in [0.15, 0.2) is 41.3 Å². The van der Waals surface area contributed by atoms with E-state index in [1.807, 2.05) is 44.2 Å². The van der Waals surface area contributed by atoms with Crippen molar-refractivity contribution in [1.29, 1.82) is 0 Å². The number of aliphatic hydroxyl groups excluding tert-OH is 1. The first-order valence-electron chi connectivity index (χ1n) is 8.53. The summed E-state index contributed by atoms with van der Waals surface area (Å²) >= 11 is 0. The van der Waals surface area contributed by atoms with Gasteiger partial charge < -0.3 is 5.11 Å². The number of nitrogens with one attached hydrogen (secondary N) is 2. The van der Waals surface area contributed by atoms with Crippen LogP contribution in [0.1, 0.15) is 25.5 Å². The molecular formula is C19H19N5O2. The number of aromatic amines is 2. The highest BCUT2D eigenvalue weighted by Crippen LogP contribution is 2.34. The molecule has 0 aliphatic heterocycles. The lowest BCUT2D eigenvalue weighted by Gasteiger charge is -2.20. The molecule has 0 spiro atoms. The maximum absolute atomic E-state index is 11.7. The van der Waals surface area contributed by atoms with E-state index in [0.29, 0.717) is 22.7 Å². The van der Waals surface area contributed by atoms with Crippen LogP contribution in [0.5, 0.6) is 0 Å². The standard InChI is InChI=1S/C19H19N5O2/c1-10(2)13(9-25)16-15(21-17-18(22-16)24-19(26)23-17)12-5-3-7-14-11(12)6-4-8-20-14/h3-8,10,13,25H,9H2,1-2H3,(H2,21,22,23,24,26)/t13-/m1/s1. The summed E-state index contributed by atoms with van der Waals surface area (Å²) in [5.74, 6) is -0.0449. The van der Waals surface area contributed by atoms with Gasteiger partial charge >= 0.3 is 5.69 Å². The molecule has 0 bridgehead atoms. The van der Waals surface area contributed by atoms with E-state index in [1.165, 1.54) is 0 Å². The average molecular weight is 349 g/mol. The van der Waals surface area contributed by atoms with Crippen molar-refractivity contribution in [3.63, 3.8) is 0 Å². The van der Waals surface area contributed by atoms with Gasteiger partial charge in [0, 0.05) is 23.1 Å². The van der Waals surface area contributed by atoms with Gasteiger partial charge in [0.2, 0.25) is 0 Å². The normalized spacial score (nSPS) is 12.9. The number of hydrogen-bond donors (Lipinski definition) is 3. The number of aliphatic hydroxyl groups is 1. The molecule has 0 radical (unpaired) electrons. The van der Waals surface area contributed by atoms with Gasteiger partial charge in [0.15, 0.2) is 11.3 Å². The van der Waals surface area contributed by atoms with Gasteiger partial charge in [-0.25, -0.2) is 14.8 Å². The molecule has 1 aromatic carbocycles. The third-order valence-corrected chi connectivity index (χ3v) is 4.64. The Bertz CT molecular complexity index is 1140. The Morgan fingerprint density at radius 2 is 1.85 bits per heavy atom. The van der Waals surface area contributed by atoms with Crippen molar-refractivity contribution in [2.45, 2.75) is 19.8 Å². The predicted octanol–water partition coefficient (Wildman–Crippen LogP) is 2.59. The fraction of sp³-hybridized carbons (Fsp3) is 0.263. The highest BCUT2D eigenvalue weighted by atomic mass is 16.3. The molecule has 0 fully saturated rings. The van der Waals surface area contributed by atoms with Gasteiger partial charge in [0.05, 0.1) is 23.5 Å². The summed E-state index contributed by atoms with van der Waals surface area (Å²) in [6, 6.07) is 9.68. The molecule has 0 unspecified atom stereocenters. The zero-order valence-electron chi connectivity index (χ0n) is 14.5. The van der Waals surface area contributed by atoms with E-state index in [2.05, 4.69) is 24.9 Å². The maximum atomic E-state index is 11.7. The topological polar surface area (TPSA) is 108 Å². The fourth-order valence-corrected chi connectivity index (χ4v) is 3.25. The van der Waals surface area contributed by atoms with E-state index < -0.39 is 0 Å². The van der Waals surface area contributed by atoms with Gasteiger partial charge in [-0.15, -0.1) is 0 Å². The van der Waals surface area contributed by atoms with Gasteiger partial charge in [-0.1, -0.05) is 32.0 Å². The second-order valence-corrected chi connectivity index (χ2v) is 6.64. The van der Waals surface area contributed by atoms with E-state index in [0.717, 1.165) is 16.5 Å². The number of nitrogens with zero attached hydrogens (tertiary/aromatic N) is 3. The maximum Gasteiger partial charge on any atom is 0.326 e. The second-order valence-electron chi connectivity index (χ2n) is 6.64. The molecule has 3 N–H and O–H groups in total. The first-order valence-corrected chi connectivity index (χ1v) is 8.53. The highest BCUT2D eigenvalue weighted by molar-refractivity contribution is 5.94. The van der Waals surface area contributed by atoms with Gasteiger partial charge in [0.25, 0.3) is 0 Å². The molecule has 3 aromatic heterocycles. The Morgan fingerprint density at radius 1 is 1.08 bits per heavy atom. The van der Waals surface area contributed by atoms with E-state index in [9.17, 15) is 9.90 Å². The van der Waals surface area contributed by atoms with Crippen molar-refractivity contribution in [2.24, 2.45) is 5.92 Å². The van der Waals surface area contributed by atoms with E-state index >= 15 is 0 Å². The number of benzene rings is 1. The first kappa shape index (κ1) is 16.4. The minimum Gasteiger partial charge on any atom is -0.396 e. The van der Waals surface area contributed by atoms with Crippen LogP contribution >= 0.6 is 0 Å². The van der Waals surface area contributed by atoms with Crippen LogP contribution < -0.4 is 5.69 Å². The van der Waals surface area contributed by atoms with Crippen LogP contribution in [0.2, 0.25) is 0 Å². The summed E-state index contributed by atoms with van der Waals surface area (Å²) < 4.78 is 0. The molecule has 0 amide bonds. The van der Waals surface area contributed by atoms with Crippen LogP contribution in [0.4, 0.5) is 0 Å². The minimum atomic E-state index is -0.354. The summed E-state index contributed by atoms with van der Waals surface area (Å²) in [6.45, 7) is 4.00. The lowest BCUT2D eigenvalue weighted by atomic mass is 9.89. The van der Waals surface area contributed by atoms with E-state index in [-0.39, 0.29) is 24.1 Å². The number of imidazole rings is 1. The Morgan fingerprint density at radius 3 is 2.58 bits per heavy atom. The predicted molar refractivity (Wildman–Crippen MR) is 99.9 cm³/mol. The average Bonchev–Trinajstić information content (AvgIpc) is 3.00. The SMILES string of the molecule is CC(C)[C@@H](CO)c1nc2[nH]c(=O)[nH]c2nc1-c1cccc2ncccc12. The molecule has 0 saturated carbocycles. The summed E-state index contributed by atoms with van der Waals surface area (Å²) in [6.07, 6.45) is 1.75. The molecule has 26 heavy (non-hydrogen) atoms. The van der Waals surface area contributed by atoms with Crippen LogP contribution in [0.3, 0.4) is 0 Å². The Labute approximate surface area is 149 Å². The molecule has 4 rings (SSSR count). The van der Waals surface area contributed by atoms with Crippen LogP contribution in [-0.4, -0.2) is 36.6 Å². The quantitative estimate of drug-likeness (QED) is 0.525. The monoisotopic (exact) mass is 349 g/mol. The van der Waals surface area contributed by atoms with Crippen molar-refractivity contribution in [3.05, 3.63) is 52.7 Å². The van der Waals surface area contributed by atoms with Crippen LogP contribution in [-0.2, 0) is 0 Å². The van der Waals surface area contributed by atoms with Crippen molar-refractivity contribution >= 4 is 22.2 Å². The Kier molecular flexibility index (Phi) is 4.00. The Hall–Kier alpha value is -3.06. The highest BCUT2D eigenvalue weighted by Gasteiger charge is 2.24. The minimum absolute atomic E-state index is 0.0531. The smallest absolute Gasteiger partial charge is 0.326 e. The van der Waals surface area contributed by atoms with Gasteiger partial charge in [-0.3, -0.25) is 15.0 Å². The number of fused-ring (bicyclic) bond motifs is 2. The summed E-state index contributed by atoms with van der Waals surface area (Å²) in [5.41, 5.74) is 3.49. The fourth-order valence-electron chi connectivity index (χ4n) is 3.25. The molecule has 0 aliphatic rings. The summed E-state index contributed by atoms with van der Waals surface area (Å²) in [7, 11) is 0. The van der Waals surface area contributed by atoms with E-state index in [4.69, 9.17) is 0 Å². The zero-order chi connectivity index (χ0) is 18.3. The van der Waals surface area contributed by atoms with Crippen LogP contribution in [0.25, 0.3) is 33.5 Å². The summed E-state index contributed by atoms with van der Waals surface area (Å²) in [5, 5.41) is 10.9. The number of pyridine rings is 1. The number of H-pyrrole nitrogens is 2. The van der Waals surface area contributed by atoms with Gasteiger partial charge in [-0.05, 0) is 18.1 Å². The van der Waals surface area contributed by atoms with E-state index in [1.54, 1.807) is 6.20 Å². The zero-order valence-corrected chi connectivity index (χ0v) is 14.5.